The number of ether oxygens (including phenoxy) is 3. The van der Waals surface area contributed by atoms with E-state index in [0.29, 0.717) is 51.9 Å². The normalized spacial score (nSPS) is 15.8. The predicted molar refractivity (Wildman–Crippen MR) is 119 cm³/mol. The lowest BCUT2D eigenvalue weighted by Crippen LogP contribution is -2.36. The third-order valence-corrected chi connectivity index (χ3v) is 7.09. The molecule has 180 valence electrons. The zero-order valence-corrected chi connectivity index (χ0v) is 19.7. The number of hydrogen-bond acceptors (Lipinski definition) is 7. The van der Waals surface area contributed by atoms with Gasteiger partial charge in [0.05, 0.1) is 51.9 Å². The van der Waals surface area contributed by atoms with Crippen LogP contribution >= 0.6 is 0 Å². The molecule has 0 aliphatic heterocycles. The molecule has 0 saturated heterocycles. The lowest BCUT2D eigenvalue weighted by atomic mass is 9.87. The minimum Gasteiger partial charge on any atom is -0.382 e. The fourth-order valence-corrected chi connectivity index (χ4v) is 4.93. The Bertz CT molecular complexity index is 486. The molecule has 1 aliphatic rings. The lowest BCUT2D eigenvalue weighted by Gasteiger charge is -2.25. The maximum Gasteiger partial charge on any atom is 0.236 e. The van der Waals surface area contributed by atoms with Crippen LogP contribution in [-0.4, -0.2) is 78.5 Å². The standard InChI is InChI=1S/C21H44N2O6S/c1-26-16-17-28-19-18-27-15-13-23(29-14-11-21-9-5-4-6-10-21)30(24,25)20-8-3-2-7-12-22/h21H,2-20,22H2,1H3. The average Bonchev–Trinajstić information content (AvgIpc) is 2.74. The molecule has 1 aliphatic carbocycles. The van der Waals surface area contributed by atoms with E-state index in [1.165, 1.54) is 32.1 Å². The summed E-state index contributed by atoms with van der Waals surface area (Å²) in [5, 5.41) is 0. The van der Waals surface area contributed by atoms with E-state index in [4.69, 9.17) is 24.8 Å². The number of nitrogens with two attached hydrogens (primary N) is 1. The molecule has 30 heavy (non-hydrogen) atoms. The summed E-state index contributed by atoms with van der Waals surface area (Å²) in [4.78, 5) is 5.75. The van der Waals surface area contributed by atoms with E-state index in [1.54, 1.807) is 7.11 Å². The van der Waals surface area contributed by atoms with Gasteiger partial charge in [-0.05, 0) is 31.7 Å². The second-order valence-corrected chi connectivity index (χ2v) is 9.87. The van der Waals surface area contributed by atoms with Crippen LogP contribution in [0.4, 0.5) is 0 Å². The van der Waals surface area contributed by atoms with E-state index in [9.17, 15) is 8.42 Å². The van der Waals surface area contributed by atoms with Crippen molar-refractivity contribution in [1.29, 1.82) is 0 Å². The molecule has 0 atom stereocenters. The van der Waals surface area contributed by atoms with Crippen LogP contribution in [0.5, 0.6) is 0 Å². The zero-order chi connectivity index (χ0) is 21.9. The first-order chi connectivity index (χ1) is 14.6. The molecule has 9 heteroatoms. The van der Waals surface area contributed by atoms with E-state index in [-0.39, 0.29) is 18.9 Å². The van der Waals surface area contributed by atoms with Crippen molar-refractivity contribution in [3.05, 3.63) is 0 Å². The molecule has 1 rings (SSSR count). The second kappa shape index (κ2) is 18.3. The van der Waals surface area contributed by atoms with Crippen LogP contribution in [0.15, 0.2) is 0 Å². The maximum atomic E-state index is 12.8. The summed E-state index contributed by atoms with van der Waals surface area (Å²) in [6.45, 7) is 3.52. The number of unbranched alkanes of at least 4 members (excludes halogenated alkanes) is 3. The highest BCUT2D eigenvalue weighted by Gasteiger charge is 2.23. The maximum absolute atomic E-state index is 12.8. The van der Waals surface area contributed by atoms with Crippen molar-refractivity contribution in [3.63, 3.8) is 0 Å². The lowest BCUT2D eigenvalue weighted by molar-refractivity contribution is -0.101. The summed E-state index contributed by atoms with van der Waals surface area (Å²) < 4.78 is 42.5. The number of hydrogen-bond donors (Lipinski definition) is 1. The molecule has 0 amide bonds. The van der Waals surface area contributed by atoms with Crippen molar-refractivity contribution in [2.75, 3.05) is 65.6 Å². The quantitative estimate of drug-likeness (QED) is 0.224. The van der Waals surface area contributed by atoms with Crippen LogP contribution in [-0.2, 0) is 29.1 Å². The molecule has 0 bridgehead atoms. The average molecular weight is 453 g/mol. The Morgan fingerprint density at radius 2 is 1.53 bits per heavy atom. The fourth-order valence-electron chi connectivity index (χ4n) is 3.57. The first-order valence-corrected chi connectivity index (χ1v) is 13.2. The highest BCUT2D eigenvalue weighted by atomic mass is 32.2. The Labute approximate surface area is 183 Å². The van der Waals surface area contributed by atoms with Gasteiger partial charge in [-0.3, -0.25) is 4.84 Å². The predicted octanol–water partition coefficient (Wildman–Crippen LogP) is 2.72. The number of sulfonamides is 1. The molecule has 0 radical (unpaired) electrons. The Balaban J connectivity index is 2.36. The van der Waals surface area contributed by atoms with E-state index in [0.717, 1.165) is 30.2 Å². The van der Waals surface area contributed by atoms with E-state index < -0.39 is 10.0 Å². The molecule has 0 heterocycles. The summed E-state index contributed by atoms with van der Waals surface area (Å²) in [6.07, 6.45) is 10.6. The van der Waals surface area contributed by atoms with Crippen molar-refractivity contribution in [3.8, 4) is 0 Å². The van der Waals surface area contributed by atoms with Crippen LogP contribution in [0, 0.1) is 5.92 Å². The summed E-state index contributed by atoms with van der Waals surface area (Å²) in [5.41, 5.74) is 5.50. The molecule has 1 fully saturated rings. The van der Waals surface area contributed by atoms with Gasteiger partial charge in [-0.1, -0.05) is 49.4 Å². The van der Waals surface area contributed by atoms with Gasteiger partial charge >= 0.3 is 0 Å². The van der Waals surface area contributed by atoms with Gasteiger partial charge in [0.2, 0.25) is 10.0 Å². The summed E-state index contributed by atoms with van der Waals surface area (Å²) in [5.74, 6) is 0.751. The Morgan fingerprint density at radius 3 is 2.23 bits per heavy atom. The van der Waals surface area contributed by atoms with Crippen molar-refractivity contribution in [2.45, 2.75) is 64.2 Å². The minimum atomic E-state index is -3.47. The van der Waals surface area contributed by atoms with E-state index >= 15 is 0 Å². The molecule has 0 unspecified atom stereocenters. The third kappa shape index (κ3) is 13.9. The highest BCUT2D eigenvalue weighted by molar-refractivity contribution is 7.88. The molecule has 1 saturated carbocycles. The van der Waals surface area contributed by atoms with Crippen LogP contribution in [0.25, 0.3) is 0 Å². The third-order valence-electron chi connectivity index (χ3n) is 5.37. The van der Waals surface area contributed by atoms with Gasteiger partial charge in [-0.25, -0.2) is 8.42 Å². The highest BCUT2D eigenvalue weighted by Crippen LogP contribution is 2.26. The van der Waals surface area contributed by atoms with Gasteiger partial charge in [0, 0.05) is 7.11 Å². The van der Waals surface area contributed by atoms with E-state index in [2.05, 4.69) is 0 Å². The van der Waals surface area contributed by atoms with Gasteiger partial charge in [0.15, 0.2) is 0 Å². The second-order valence-electron chi connectivity index (χ2n) is 7.89. The van der Waals surface area contributed by atoms with Gasteiger partial charge in [0.1, 0.15) is 0 Å². The van der Waals surface area contributed by atoms with Crippen molar-refractivity contribution in [2.24, 2.45) is 11.7 Å². The van der Waals surface area contributed by atoms with Gasteiger partial charge in [0.25, 0.3) is 0 Å². The van der Waals surface area contributed by atoms with Gasteiger partial charge < -0.3 is 19.9 Å². The number of rotatable bonds is 20. The minimum absolute atomic E-state index is 0.0983. The number of nitrogens with zero attached hydrogens (tertiary/aromatic N) is 1. The van der Waals surface area contributed by atoms with E-state index in [1.807, 2.05) is 0 Å². The zero-order valence-electron chi connectivity index (χ0n) is 18.9. The number of hydroxylamine groups is 1. The summed E-state index contributed by atoms with van der Waals surface area (Å²) >= 11 is 0. The first kappa shape index (κ1) is 27.7. The first-order valence-electron chi connectivity index (χ1n) is 11.6. The van der Waals surface area contributed by atoms with Crippen LogP contribution in [0.2, 0.25) is 0 Å². The molecule has 0 aromatic carbocycles. The van der Waals surface area contributed by atoms with Crippen LogP contribution < -0.4 is 5.73 Å². The van der Waals surface area contributed by atoms with Crippen molar-refractivity contribution < 1.29 is 27.5 Å². The summed E-state index contributed by atoms with van der Waals surface area (Å²) in [7, 11) is -1.84. The molecular formula is C21H44N2O6S. The topological polar surface area (TPSA) is 100 Å². The monoisotopic (exact) mass is 452 g/mol. The SMILES string of the molecule is COCCOCCOCCN(OCCC1CCCCC1)S(=O)(=O)CCCCCCN. The van der Waals surface area contributed by atoms with Crippen LogP contribution in [0.1, 0.15) is 64.2 Å². The van der Waals surface area contributed by atoms with Crippen LogP contribution in [0.3, 0.4) is 0 Å². The van der Waals surface area contributed by atoms with Gasteiger partial charge in [-0.15, -0.1) is 0 Å². The molecular weight excluding hydrogens is 408 g/mol. The van der Waals surface area contributed by atoms with Crippen molar-refractivity contribution >= 4 is 10.0 Å². The largest absolute Gasteiger partial charge is 0.382 e. The smallest absolute Gasteiger partial charge is 0.236 e. The Hall–Kier alpha value is -0.290. The molecule has 8 nitrogen and oxygen atoms in total. The summed E-state index contributed by atoms with van der Waals surface area (Å²) in [6, 6.07) is 0. The molecule has 0 spiro atoms. The molecule has 0 aromatic rings. The Kier molecular flexibility index (Phi) is 16.9. The molecule has 2 N–H and O–H groups in total. The van der Waals surface area contributed by atoms with Gasteiger partial charge in [-0.2, -0.15) is 0 Å². The Morgan fingerprint density at radius 1 is 0.867 bits per heavy atom. The fraction of sp³-hybridized carbons (Fsp3) is 1.00. The number of methoxy groups -OCH3 is 1. The molecule has 0 aromatic heterocycles. The van der Waals surface area contributed by atoms with Crippen molar-refractivity contribution in [1.82, 2.24) is 4.47 Å².